The number of hydrogen-bond donors (Lipinski definition) is 3. The molecule has 1 atom stereocenters. The largest absolute Gasteiger partial charge is 0.497 e. The van der Waals surface area contributed by atoms with Crippen LogP contribution < -0.4 is 15.8 Å². The summed E-state index contributed by atoms with van der Waals surface area (Å²) in [6.07, 6.45) is 0.890. The van der Waals surface area contributed by atoms with Crippen LogP contribution in [0.25, 0.3) is 10.8 Å². The molecule has 3 aromatic carbocycles. The number of hydrogen-bond acceptors (Lipinski definition) is 7. The average molecular weight is 549 g/mol. The Kier molecular flexibility index (Phi) is 7.20. The van der Waals surface area contributed by atoms with Gasteiger partial charge in [0.2, 0.25) is 15.7 Å². The highest BCUT2D eigenvalue weighted by Crippen LogP contribution is 2.31. The van der Waals surface area contributed by atoms with E-state index in [9.17, 15) is 13.2 Å². The molecule has 10 heteroatoms. The van der Waals surface area contributed by atoms with Gasteiger partial charge in [0.15, 0.2) is 0 Å². The molecule has 196 valence electrons. The van der Waals surface area contributed by atoms with Crippen LogP contribution in [0.3, 0.4) is 0 Å². The molecule has 1 amide bonds. The number of thiophene rings is 1. The van der Waals surface area contributed by atoms with E-state index in [0.717, 1.165) is 27.6 Å². The topological polar surface area (TPSA) is 126 Å². The first-order valence-electron chi connectivity index (χ1n) is 12.1. The maximum Gasteiger partial charge on any atom is 0.224 e. The lowest BCUT2D eigenvalue weighted by atomic mass is 10.1. The van der Waals surface area contributed by atoms with Gasteiger partial charge in [-0.25, -0.2) is 8.42 Å². The van der Waals surface area contributed by atoms with Gasteiger partial charge >= 0.3 is 0 Å². The average Bonchev–Trinajstić information content (AvgIpc) is 3.58. The molecule has 8 nitrogen and oxygen atoms in total. The Balaban J connectivity index is 1.40. The van der Waals surface area contributed by atoms with E-state index < -0.39 is 9.84 Å². The number of likely N-dealkylation sites (tertiary alicyclic amines) is 1. The van der Waals surface area contributed by atoms with Gasteiger partial charge in [-0.1, -0.05) is 24.3 Å². The standard InChI is InChI=1S/C28H28N4O4S2/c1-36-21-9-7-19-8-10-23(16-20(19)15-21)38(34,35)22-5-2-4-18(14-22)17-31-28(32-13-3-6-26(32)33)25-12-11-24(37-25)27(29)30/h2,4-5,7-12,14-16,28,31H,3,6,13,17H2,1H3,(H3,29,30). The molecule has 4 aromatic rings. The fourth-order valence-corrected chi connectivity index (χ4v) is 6.95. The second-order valence-electron chi connectivity index (χ2n) is 9.12. The molecule has 0 saturated carbocycles. The lowest BCUT2D eigenvalue weighted by Gasteiger charge is -2.28. The summed E-state index contributed by atoms with van der Waals surface area (Å²) in [5.41, 5.74) is 6.42. The summed E-state index contributed by atoms with van der Waals surface area (Å²) in [6, 6.07) is 21.1. The number of carbonyl (C=O) groups excluding carboxylic acids is 1. The van der Waals surface area contributed by atoms with Crippen LogP contribution in [0.4, 0.5) is 0 Å². The number of amidine groups is 1. The minimum atomic E-state index is -3.76. The van der Waals surface area contributed by atoms with Crippen LogP contribution in [-0.4, -0.2) is 38.7 Å². The smallest absolute Gasteiger partial charge is 0.224 e. The summed E-state index contributed by atoms with van der Waals surface area (Å²) >= 11 is 1.37. The number of carbonyl (C=O) groups is 1. The highest BCUT2D eigenvalue weighted by atomic mass is 32.2. The number of methoxy groups -OCH3 is 1. The fraction of sp³-hybridized carbons (Fsp3) is 0.214. The Hall–Kier alpha value is -3.73. The maximum absolute atomic E-state index is 13.5. The Morgan fingerprint density at radius 1 is 1.08 bits per heavy atom. The predicted octanol–water partition coefficient (Wildman–Crippen LogP) is 4.44. The molecule has 38 heavy (non-hydrogen) atoms. The molecule has 1 aliphatic heterocycles. The summed E-state index contributed by atoms with van der Waals surface area (Å²) in [5, 5.41) is 12.8. The Morgan fingerprint density at radius 2 is 1.87 bits per heavy atom. The number of nitrogens with one attached hydrogen (secondary N) is 2. The zero-order valence-electron chi connectivity index (χ0n) is 20.8. The van der Waals surface area contributed by atoms with Crippen molar-refractivity contribution in [1.29, 1.82) is 5.41 Å². The summed E-state index contributed by atoms with van der Waals surface area (Å²) in [4.78, 5) is 16.3. The molecule has 1 unspecified atom stereocenters. The number of fused-ring (bicyclic) bond motifs is 1. The molecule has 4 N–H and O–H groups in total. The number of nitrogen functional groups attached to an aromatic ring is 1. The highest BCUT2D eigenvalue weighted by Gasteiger charge is 2.30. The molecular formula is C28H28N4O4S2. The molecule has 0 radical (unpaired) electrons. The normalized spacial score (nSPS) is 14.7. The number of nitrogens with two attached hydrogens (primary N) is 1. The third-order valence-corrected chi connectivity index (χ3v) is 9.54. The second-order valence-corrected chi connectivity index (χ2v) is 12.2. The van der Waals surface area contributed by atoms with Gasteiger partial charge < -0.3 is 15.4 Å². The van der Waals surface area contributed by atoms with E-state index >= 15 is 0 Å². The Labute approximate surface area is 225 Å². The van der Waals surface area contributed by atoms with E-state index in [0.29, 0.717) is 30.1 Å². The minimum Gasteiger partial charge on any atom is -0.497 e. The third-order valence-electron chi connectivity index (χ3n) is 6.62. The number of sulfone groups is 1. The van der Waals surface area contributed by atoms with E-state index in [1.54, 1.807) is 54.5 Å². The van der Waals surface area contributed by atoms with Crippen LogP contribution in [0.1, 0.15) is 34.3 Å². The Bertz CT molecular complexity index is 1630. The Morgan fingerprint density at radius 3 is 2.58 bits per heavy atom. The van der Waals surface area contributed by atoms with Crippen LogP contribution >= 0.6 is 11.3 Å². The van der Waals surface area contributed by atoms with Crippen LogP contribution in [0.5, 0.6) is 5.75 Å². The molecule has 1 aromatic heterocycles. The zero-order chi connectivity index (χ0) is 26.9. The van der Waals surface area contributed by atoms with Crippen LogP contribution in [0, 0.1) is 5.41 Å². The van der Waals surface area contributed by atoms with Gasteiger partial charge in [0.05, 0.1) is 21.8 Å². The summed E-state index contributed by atoms with van der Waals surface area (Å²) < 4.78 is 32.3. The molecule has 0 spiro atoms. The van der Waals surface area contributed by atoms with Crippen molar-refractivity contribution in [1.82, 2.24) is 10.2 Å². The highest BCUT2D eigenvalue weighted by molar-refractivity contribution is 7.91. The van der Waals surface area contributed by atoms with Crippen molar-refractivity contribution < 1.29 is 17.9 Å². The van der Waals surface area contributed by atoms with Gasteiger partial charge in [-0.3, -0.25) is 15.5 Å². The minimum absolute atomic E-state index is 0.0159. The van der Waals surface area contributed by atoms with Crippen molar-refractivity contribution in [3.05, 3.63) is 88.1 Å². The molecule has 0 bridgehead atoms. The van der Waals surface area contributed by atoms with Crippen LogP contribution in [0.2, 0.25) is 0 Å². The van der Waals surface area contributed by atoms with Crippen molar-refractivity contribution in [2.24, 2.45) is 5.73 Å². The van der Waals surface area contributed by atoms with Crippen molar-refractivity contribution in [3.63, 3.8) is 0 Å². The maximum atomic E-state index is 13.5. The monoisotopic (exact) mass is 548 g/mol. The molecule has 5 rings (SSSR count). The van der Waals surface area contributed by atoms with Crippen molar-refractivity contribution in [3.8, 4) is 5.75 Å². The number of rotatable bonds is 9. The van der Waals surface area contributed by atoms with Crippen molar-refractivity contribution >= 4 is 43.7 Å². The van der Waals surface area contributed by atoms with Gasteiger partial charge in [0.1, 0.15) is 17.8 Å². The number of amides is 1. The molecule has 1 saturated heterocycles. The lowest BCUT2D eigenvalue weighted by Crippen LogP contribution is -2.38. The SMILES string of the molecule is COc1ccc2ccc(S(=O)(=O)c3cccc(CNC(c4ccc(C(=N)N)s4)N4CCCC4=O)c3)cc2c1. The van der Waals surface area contributed by atoms with Gasteiger partial charge in [0.25, 0.3) is 0 Å². The first-order chi connectivity index (χ1) is 18.3. The van der Waals surface area contributed by atoms with Crippen LogP contribution in [-0.2, 0) is 21.2 Å². The number of nitrogens with zero attached hydrogens (tertiary/aromatic N) is 1. The number of ether oxygens (including phenoxy) is 1. The third kappa shape index (κ3) is 5.15. The quantitative estimate of drug-likeness (QED) is 0.210. The number of benzene rings is 3. The zero-order valence-corrected chi connectivity index (χ0v) is 22.4. The second kappa shape index (κ2) is 10.6. The van der Waals surface area contributed by atoms with E-state index in [4.69, 9.17) is 15.9 Å². The van der Waals surface area contributed by atoms with Gasteiger partial charge in [0, 0.05) is 24.4 Å². The fourth-order valence-electron chi connectivity index (χ4n) is 4.62. The first-order valence-corrected chi connectivity index (χ1v) is 14.4. The molecule has 1 fully saturated rings. The van der Waals surface area contributed by atoms with E-state index in [1.165, 1.54) is 11.3 Å². The van der Waals surface area contributed by atoms with Crippen molar-refractivity contribution in [2.75, 3.05) is 13.7 Å². The van der Waals surface area contributed by atoms with E-state index in [2.05, 4.69) is 5.32 Å². The lowest BCUT2D eigenvalue weighted by molar-refractivity contribution is -0.130. The summed E-state index contributed by atoms with van der Waals surface area (Å²) in [6.45, 7) is 0.977. The molecular weight excluding hydrogens is 520 g/mol. The van der Waals surface area contributed by atoms with Crippen LogP contribution in [0.15, 0.2) is 82.6 Å². The summed E-state index contributed by atoms with van der Waals surface area (Å²) in [7, 11) is -2.19. The van der Waals surface area contributed by atoms with E-state index in [-0.39, 0.29) is 27.7 Å². The van der Waals surface area contributed by atoms with E-state index in [1.807, 2.05) is 30.3 Å². The van der Waals surface area contributed by atoms with Gasteiger partial charge in [-0.15, -0.1) is 11.3 Å². The van der Waals surface area contributed by atoms with Gasteiger partial charge in [-0.2, -0.15) is 0 Å². The first kappa shape index (κ1) is 25.9. The van der Waals surface area contributed by atoms with Gasteiger partial charge in [-0.05, 0) is 71.3 Å². The predicted molar refractivity (Wildman–Crippen MR) is 148 cm³/mol. The molecule has 0 aliphatic carbocycles. The molecule has 2 heterocycles. The van der Waals surface area contributed by atoms with Crippen molar-refractivity contribution in [2.45, 2.75) is 35.3 Å². The molecule has 1 aliphatic rings. The summed E-state index contributed by atoms with van der Waals surface area (Å²) in [5.74, 6) is 0.703.